The van der Waals surface area contributed by atoms with E-state index in [1.165, 1.54) is 0 Å². The van der Waals surface area contributed by atoms with E-state index in [0.717, 1.165) is 12.8 Å². The summed E-state index contributed by atoms with van der Waals surface area (Å²) >= 11 is 6.18. The minimum atomic E-state index is 0.0288. The van der Waals surface area contributed by atoms with Crippen LogP contribution >= 0.6 is 11.6 Å². The van der Waals surface area contributed by atoms with Crippen LogP contribution in [0.3, 0.4) is 0 Å². The second kappa shape index (κ2) is 8.00. The zero-order valence-electron chi connectivity index (χ0n) is 18.3. The Morgan fingerprint density at radius 3 is 2.47 bits per heavy atom. The number of benzene rings is 1. The third-order valence-electron chi connectivity index (χ3n) is 5.67. The maximum Gasteiger partial charge on any atom is 0.125 e. The molecular formula is C23H32ClN5O. The van der Waals surface area contributed by atoms with E-state index in [2.05, 4.69) is 42.9 Å². The highest BCUT2D eigenvalue weighted by Crippen LogP contribution is 2.33. The van der Waals surface area contributed by atoms with Gasteiger partial charge in [0.25, 0.3) is 0 Å². The van der Waals surface area contributed by atoms with E-state index in [-0.39, 0.29) is 16.8 Å². The number of aromatic nitrogens is 1. The van der Waals surface area contributed by atoms with Gasteiger partial charge in [0.1, 0.15) is 5.75 Å². The van der Waals surface area contributed by atoms with Crippen LogP contribution in [0.5, 0.6) is 5.75 Å². The lowest BCUT2D eigenvalue weighted by Gasteiger charge is -2.49. The molecule has 1 saturated heterocycles. The van der Waals surface area contributed by atoms with Gasteiger partial charge in [0.15, 0.2) is 0 Å². The molecule has 162 valence electrons. The molecule has 0 aliphatic carbocycles. The Hall–Kier alpha value is -2.44. The molecule has 0 unspecified atom stereocenters. The number of allylic oxidation sites excluding steroid dienone is 2. The number of piperidine rings is 1. The molecule has 3 rings (SSSR count). The zero-order chi connectivity index (χ0) is 22.3. The maximum atomic E-state index is 10.4. The summed E-state index contributed by atoms with van der Waals surface area (Å²) in [4.78, 5) is 6.41. The van der Waals surface area contributed by atoms with Crippen molar-refractivity contribution in [3.05, 3.63) is 53.0 Å². The number of phenols is 1. The Labute approximate surface area is 183 Å². The van der Waals surface area contributed by atoms with E-state index in [0.29, 0.717) is 39.0 Å². The molecule has 0 amide bonds. The fourth-order valence-corrected chi connectivity index (χ4v) is 4.72. The predicted molar refractivity (Wildman–Crippen MR) is 125 cm³/mol. The molecule has 1 aromatic carbocycles. The number of fused-ring (bicyclic) bond motifs is 1. The number of rotatable bonds is 4. The van der Waals surface area contributed by atoms with Crippen LogP contribution in [-0.2, 0) is 0 Å². The van der Waals surface area contributed by atoms with Crippen molar-refractivity contribution in [2.45, 2.75) is 57.7 Å². The molecular weight excluding hydrogens is 398 g/mol. The van der Waals surface area contributed by atoms with Crippen LogP contribution in [0.1, 0.15) is 46.1 Å². The van der Waals surface area contributed by atoms with Crippen molar-refractivity contribution in [1.82, 2.24) is 15.2 Å². The van der Waals surface area contributed by atoms with Crippen molar-refractivity contribution >= 4 is 28.2 Å². The van der Waals surface area contributed by atoms with Crippen LogP contribution in [0.2, 0.25) is 5.02 Å². The van der Waals surface area contributed by atoms with E-state index >= 15 is 0 Å². The van der Waals surface area contributed by atoms with Crippen LogP contribution in [0.4, 0.5) is 0 Å². The zero-order valence-corrected chi connectivity index (χ0v) is 19.1. The van der Waals surface area contributed by atoms with Crippen LogP contribution in [-0.4, -0.2) is 39.2 Å². The molecule has 2 aromatic rings. The van der Waals surface area contributed by atoms with E-state index in [1.807, 2.05) is 7.05 Å². The number of hydrogen-bond acceptors (Lipinski definition) is 6. The molecule has 2 heterocycles. The summed E-state index contributed by atoms with van der Waals surface area (Å²) in [6, 6.07) is 5.31. The molecule has 1 aliphatic heterocycles. The molecule has 0 atom stereocenters. The molecule has 1 aromatic heterocycles. The first-order chi connectivity index (χ1) is 13.9. The first kappa shape index (κ1) is 22.2. The summed E-state index contributed by atoms with van der Waals surface area (Å²) in [5.41, 5.74) is 14.2. The first-order valence-corrected chi connectivity index (χ1v) is 10.5. The number of aromatic hydroxyl groups is 1. The summed E-state index contributed by atoms with van der Waals surface area (Å²) in [6.07, 6.45) is 7.10. The summed E-state index contributed by atoms with van der Waals surface area (Å²) in [5.74, 6) is 0.672. The molecule has 6 nitrogen and oxygen atoms in total. The smallest absolute Gasteiger partial charge is 0.125 e. The van der Waals surface area contributed by atoms with Gasteiger partial charge in [-0.2, -0.15) is 0 Å². The summed E-state index contributed by atoms with van der Waals surface area (Å²) in [6.45, 7) is 8.87. The Bertz CT molecular complexity index is 996. The fraction of sp³-hybridized carbons (Fsp3) is 0.435. The number of halogens is 1. The SMILES string of the molecule is CN(/C(N)=C/C=C(\N)c1cc2nccc(Cl)c2cc1O)C1CC(C)(C)NC(C)(C)C1. The van der Waals surface area contributed by atoms with Gasteiger partial charge in [-0.15, -0.1) is 0 Å². The number of hydrogen-bond donors (Lipinski definition) is 4. The number of nitrogens with two attached hydrogens (primary N) is 2. The largest absolute Gasteiger partial charge is 0.507 e. The Morgan fingerprint density at radius 2 is 1.83 bits per heavy atom. The molecule has 1 aliphatic rings. The second-order valence-electron chi connectivity index (χ2n) is 9.46. The molecule has 1 fully saturated rings. The van der Waals surface area contributed by atoms with E-state index < -0.39 is 0 Å². The monoisotopic (exact) mass is 429 g/mol. The number of nitrogens with one attached hydrogen (secondary N) is 1. The minimum absolute atomic E-state index is 0.0288. The lowest BCUT2D eigenvalue weighted by molar-refractivity contribution is 0.0981. The van der Waals surface area contributed by atoms with Crippen molar-refractivity contribution in [3.63, 3.8) is 0 Å². The number of pyridine rings is 1. The molecule has 0 spiro atoms. The topological polar surface area (TPSA) is 100 Å². The fourth-order valence-electron chi connectivity index (χ4n) is 4.51. The van der Waals surface area contributed by atoms with Gasteiger partial charge in [-0.25, -0.2) is 0 Å². The Kier molecular flexibility index (Phi) is 5.94. The van der Waals surface area contributed by atoms with Crippen LogP contribution in [0.15, 0.2) is 42.4 Å². The van der Waals surface area contributed by atoms with Gasteiger partial charge in [0, 0.05) is 47.0 Å². The quantitative estimate of drug-likeness (QED) is 0.549. The van der Waals surface area contributed by atoms with Crippen LogP contribution < -0.4 is 16.8 Å². The average Bonchev–Trinajstić information content (AvgIpc) is 2.63. The lowest BCUT2D eigenvalue weighted by Crippen LogP contribution is -2.61. The molecule has 0 saturated carbocycles. The second-order valence-corrected chi connectivity index (χ2v) is 9.87. The van der Waals surface area contributed by atoms with Crippen molar-refractivity contribution in [2.75, 3.05) is 7.05 Å². The highest BCUT2D eigenvalue weighted by Gasteiger charge is 2.39. The Balaban J connectivity index is 1.84. The van der Waals surface area contributed by atoms with Gasteiger partial charge in [-0.05, 0) is 70.9 Å². The molecule has 6 N–H and O–H groups in total. The van der Waals surface area contributed by atoms with Gasteiger partial charge >= 0.3 is 0 Å². The summed E-state index contributed by atoms with van der Waals surface area (Å²) < 4.78 is 0. The predicted octanol–water partition coefficient (Wildman–Crippen LogP) is 3.93. The summed E-state index contributed by atoms with van der Waals surface area (Å²) in [5, 5.41) is 15.3. The van der Waals surface area contributed by atoms with E-state index in [4.69, 9.17) is 23.1 Å². The van der Waals surface area contributed by atoms with Gasteiger partial charge < -0.3 is 26.8 Å². The van der Waals surface area contributed by atoms with Crippen LogP contribution in [0, 0.1) is 0 Å². The third-order valence-corrected chi connectivity index (χ3v) is 6.00. The molecule has 7 heteroatoms. The molecule has 30 heavy (non-hydrogen) atoms. The van der Waals surface area contributed by atoms with Gasteiger partial charge in [-0.3, -0.25) is 4.98 Å². The van der Waals surface area contributed by atoms with Gasteiger partial charge in [0.2, 0.25) is 0 Å². The maximum absolute atomic E-state index is 10.4. The van der Waals surface area contributed by atoms with Crippen molar-refractivity contribution in [1.29, 1.82) is 0 Å². The molecule has 0 bridgehead atoms. The van der Waals surface area contributed by atoms with Gasteiger partial charge in [0.05, 0.1) is 16.4 Å². The standard InChI is InChI=1S/C23H32ClN5O/c1-22(2)12-14(13-23(3,4)28-22)29(5)21(26)7-6-18(25)16-10-19-15(11-20(16)30)17(24)8-9-27-19/h6-11,14,28,30H,12-13,25-26H2,1-5H3/b18-6-,21-7+. The minimum Gasteiger partial charge on any atom is -0.507 e. The average molecular weight is 430 g/mol. The molecule has 0 radical (unpaired) electrons. The lowest BCUT2D eigenvalue weighted by atomic mass is 9.79. The first-order valence-electron chi connectivity index (χ1n) is 10.1. The van der Waals surface area contributed by atoms with Gasteiger partial charge in [-0.1, -0.05) is 11.6 Å². The highest BCUT2D eigenvalue weighted by atomic mass is 35.5. The van der Waals surface area contributed by atoms with Crippen LogP contribution in [0.25, 0.3) is 16.6 Å². The summed E-state index contributed by atoms with van der Waals surface area (Å²) in [7, 11) is 2.01. The van der Waals surface area contributed by atoms with Crippen molar-refractivity contribution < 1.29 is 5.11 Å². The number of nitrogens with zero attached hydrogens (tertiary/aromatic N) is 2. The third kappa shape index (κ3) is 4.82. The Morgan fingerprint density at radius 1 is 1.20 bits per heavy atom. The number of phenolic OH excluding ortho intramolecular Hbond substituents is 1. The highest BCUT2D eigenvalue weighted by molar-refractivity contribution is 6.35. The van der Waals surface area contributed by atoms with Crippen molar-refractivity contribution in [2.24, 2.45) is 11.5 Å². The normalized spacial score (nSPS) is 19.8. The van der Waals surface area contributed by atoms with E-state index in [1.54, 1.807) is 36.5 Å². The van der Waals surface area contributed by atoms with Crippen molar-refractivity contribution in [3.8, 4) is 5.75 Å². The van der Waals surface area contributed by atoms with E-state index in [9.17, 15) is 5.11 Å².